The Morgan fingerprint density at radius 1 is 1.35 bits per heavy atom. The molecule has 3 heteroatoms. The van der Waals surface area contributed by atoms with Crippen molar-refractivity contribution >= 4 is 5.91 Å². The number of hydrogen-bond donors (Lipinski definition) is 1. The van der Waals surface area contributed by atoms with E-state index in [-0.39, 0.29) is 5.91 Å². The Kier molecular flexibility index (Phi) is 3.79. The smallest absolute Gasteiger partial charge is 0.222 e. The topological polar surface area (TPSA) is 32.3 Å². The minimum atomic E-state index is 0.260. The van der Waals surface area contributed by atoms with Gasteiger partial charge in [0.05, 0.1) is 0 Å². The van der Waals surface area contributed by atoms with Gasteiger partial charge in [-0.1, -0.05) is 30.3 Å². The predicted octanol–water partition coefficient (Wildman–Crippen LogP) is 1.96. The molecule has 1 aliphatic heterocycles. The summed E-state index contributed by atoms with van der Waals surface area (Å²) in [5, 5.41) is 3.59. The predicted molar refractivity (Wildman–Crippen MR) is 68.7 cm³/mol. The fourth-order valence-corrected chi connectivity index (χ4v) is 2.34. The van der Waals surface area contributed by atoms with Gasteiger partial charge in [-0.05, 0) is 18.9 Å². The van der Waals surface area contributed by atoms with Crippen LogP contribution >= 0.6 is 0 Å². The zero-order chi connectivity index (χ0) is 12.3. The van der Waals surface area contributed by atoms with Crippen molar-refractivity contribution in [2.75, 3.05) is 13.6 Å². The number of benzene rings is 1. The SMILES string of the molecule is CC(NC1CCC(=O)N(C)C1)c1ccccc1. The lowest BCUT2D eigenvalue weighted by atomic mass is 10.0. The number of piperidine rings is 1. The maximum absolute atomic E-state index is 11.4. The molecule has 0 spiro atoms. The molecule has 1 aromatic rings. The van der Waals surface area contributed by atoms with E-state index in [0.29, 0.717) is 18.5 Å². The lowest BCUT2D eigenvalue weighted by molar-refractivity contribution is -0.132. The fraction of sp³-hybridized carbons (Fsp3) is 0.500. The van der Waals surface area contributed by atoms with Gasteiger partial charge in [0.25, 0.3) is 0 Å². The number of amides is 1. The van der Waals surface area contributed by atoms with E-state index < -0.39 is 0 Å². The molecule has 1 aromatic carbocycles. The monoisotopic (exact) mass is 232 g/mol. The van der Waals surface area contributed by atoms with Crippen LogP contribution in [0.3, 0.4) is 0 Å². The molecule has 0 aromatic heterocycles. The minimum Gasteiger partial charge on any atom is -0.344 e. The Labute approximate surface area is 103 Å². The normalized spacial score (nSPS) is 22.6. The van der Waals surface area contributed by atoms with Crippen molar-refractivity contribution in [3.63, 3.8) is 0 Å². The van der Waals surface area contributed by atoms with Gasteiger partial charge in [-0.15, -0.1) is 0 Å². The van der Waals surface area contributed by atoms with Crippen molar-refractivity contribution in [1.29, 1.82) is 0 Å². The molecule has 2 unspecified atom stereocenters. The first kappa shape index (κ1) is 12.1. The van der Waals surface area contributed by atoms with E-state index >= 15 is 0 Å². The second-order valence-corrected chi connectivity index (χ2v) is 4.81. The van der Waals surface area contributed by atoms with Gasteiger partial charge >= 0.3 is 0 Å². The summed E-state index contributed by atoms with van der Waals surface area (Å²) in [5.74, 6) is 0.260. The number of likely N-dealkylation sites (N-methyl/N-ethyl adjacent to an activating group) is 1. The van der Waals surface area contributed by atoms with Gasteiger partial charge in [-0.3, -0.25) is 4.79 Å². The molecule has 1 aliphatic rings. The lowest BCUT2D eigenvalue weighted by Gasteiger charge is -2.32. The summed E-state index contributed by atoms with van der Waals surface area (Å²) >= 11 is 0. The van der Waals surface area contributed by atoms with Gasteiger partial charge in [-0.2, -0.15) is 0 Å². The summed E-state index contributed by atoms with van der Waals surface area (Å²) in [4.78, 5) is 13.2. The highest BCUT2D eigenvalue weighted by molar-refractivity contribution is 5.76. The van der Waals surface area contributed by atoms with Crippen LogP contribution in [-0.2, 0) is 4.79 Å². The molecule has 2 rings (SSSR count). The number of hydrogen-bond acceptors (Lipinski definition) is 2. The van der Waals surface area contributed by atoms with Gasteiger partial charge in [0.2, 0.25) is 5.91 Å². The molecule has 0 radical (unpaired) electrons. The van der Waals surface area contributed by atoms with Gasteiger partial charge in [0.1, 0.15) is 0 Å². The van der Waals surface area contributed by atoms with E-state index in [0.717, 1.165) is 13.0 Å². The van der Waals surface area contributed by atoms with Crippen molar-refractivity contribution in [3.05, 3.63) is 35.9 Å². The van der Waals surface area contributed by atoms with Gasteiger partial charge < -0.3 is 10.2 Å². The van der Waals surface area contributed by atoms with E-state index in [2.05, 4.69) is 36.5 Å². The van der Waals surface area contributed by atoms with Crippen LogP contribution in [0.15, 0.2) is 30.3 Å². The summed E-state index contributed by atoms with van der Waals surface area (Å²) in [7, 11) is 1.88. The zero-order valence-electron chi connectivity index (χ0n) is 10.5. The molecule has 1 heterocycles. The highest BCUT2D eigenvalue weighted by Gasteiger charge is 2.23. The third-order valence-electron chi connectivity index (χ3n) is 3.41. The van der Waals surface area contributed by atoms with Crippen molar-refractivity contribution in [1.82, 2.24) is 10.2 Å². The first-order valence-corrected chi connectivity index (χ1v) is 6.22. The number of nitrogens with one attached hydrogen (secondary N) is 1. The second kappa shape index (κ2) is 5.32. The highest BCUT2D eigenvalue weighted by Crippen LogP contribution is 2.16. The molecule has 0 bridgehead atoms. The quantitative estimate of drug-likeness (QED) is 0.864. The molecule has 92 valence electrons. The van der Waals surface area contributed by atoms with Crippen LogP contribution in [0.5, 0.6) is 0 Å². The van der Waals surface area contributed by atoms with Crippen molar-refractivity contribution < 1.29 is 4.79 Å². The Morgan fingerprint density at radius 2 is 2.06 bits per heavy atom. The summed E-state index contributed by atoms with van der Waals surface area (Å²) < 4.78 is 0. The van der Waals surface area contributed by atoms with Crippen LogP contribution in [0, 0.1) is 0 Å². The van der Waals surface area contributed by atoms with Crippen LogP contribution in [0.1, 0.15) is 31.4 Å². The van der Waals surface area contributed by atoms with Crippen molar-refractivity contribution in [3.8, 4) is 0 Å². The van der Waals surface area contributed by atoms with Gasteiger partial charge in [0, 0.05) is 32.1 Å². The summed E-state index contributed by atoms with van der Waals surface area (Å²) in [6.07, 6.45) is 1.61. The molecule has 1 saturated heterocycles. The van der Waals surface area contributed by atoms with Crippen LogP contribution in [-0.4, -0.2) is 30.4 Å². The molecule has 3 nitrogen and oxygen atoms in total. The highest BCUT2D eigenvalue weighted by atomic mass is 16.2. The summed E-state index contributed by atoms with van der Waals surface area (Å²) in [6.45, 7) is 2.99. The largest absolute Gasteiger partial charge is 0.344 e. The van der Waals surface area contributed by atoms with Crippen LogP contribution in [0.4, 0.5) is 0 Å². The summed E-state index contributed by atoms with van der Waals surface area (Å²) in [5.41, 5.74) is 1.30. The number of likely N-dealkylation sites (tertiary alicyclic amines) is 1. The lowest BCUT2D eigenvalue weighted by Crippen LogP contribution is -2.47. The number of carbonyl (C=O) groups excluding carboxylic acids is 1. The van der Waals surface area contributed by atoms with E-state index in [1.165, 1.54) is 5.56 Å². The molecular weight excluding hydrogens is 212 g/mol. The van der Waals surface area contributed by atoms with E-state index in [4.69, 9.17) is 0 Å². The second-order valence-electron chi connectivity index (χ2n) is 4.81. The third-order valence-corrected chi connectivity index (χ3v) is 3.41. The molecule has 1 N–H and O–H groups in total. The van der Waals surface area contributed by atoms with Crippen molar-refractivity contribution in [2.45, 2.75) is 31.8 Å². The number of carbonyl (C=O) groups is 1. The molecular formula is C14H20N2O. The summed E-state index contributed by atoms with van der Waals surface area (Å²) in [6, 6.07) is 11.2. The van der Waals surface area contributed by atoms with Crippen LogP contribution < -0.4 is 5.32 Å². The molecule has 2 atom stereocenters. The Hall–Kier alpha value is -1.35. The van der Waals surface area contributed by atoms with Crippen molar-refractivity contribution in [2.24, 2.45) is 0 Å². The average Bonchev–Trinajstić information content (AvgIpc) is 2.35. The van der Waals surface area contributed by atoms with E-state index in [1.54, 1.807) is 0 Å². The average molecular weight is 232 g/mol. The van der Waals surface area contributed by atoms with Crippen LogP contribution in [0.25, 0.3) is 0 Å². The maximum Gasteiger partial charge on any atom is 0.222 e. The molecule has 1 amide bonds. The Morgan fingerprint density at radius 3 is 2.71 bits per heavy atom. The molecule has 0 aliphatic carbocycles. The van der Waals surface area contributed by atoms with Gasteiger partial charge in [-0.25, -0.2) is 0 Å². The first-order chi connectivity index (χ1) is 8.16. The number of nitrogens with zero attached hydrogens (tertiary/aromatic N) is 1. The zero-order valence-corrected chi connectivity index (χ0v) is 10.5. The molecule has 0 saturated carbocycles. The number of rotatable bonds is 3. The minimum absolute atomic E-state index is 0.260. The van der Waals surface area contributed by atoms with E-state index in [9.17, 15) is 4.79 Å². The maximum atomic E-state index is 11.4. The van der Waals surface area contributed by atoms with Crippen LogP contribution in [0.2, 0.25) is 0 Å². The van der Waals surface area contributed by atoms with E-state index in [1.807, 2.05) is 18.0 Å². The fourth-order valence-electron chi connectivity index (χ4n) is 2.34. The molecule has 1 fully saturated rings. The Balaban J connectivity index is 1.91. The standard InChI is InChI=1S/C14H20N2O/c1-11(12-6-4-3-5-7-12)15-13-8-9-14(17)16(2)10-13/h3-7,11,13,15H,8-10H2,1-2H3. The third kappa shape index (κ3) is 3.07. The van der Waals surface area contributed by atoms with Gasteiger partial charge in [0.15, 0.2) is 0 Å². The Bertz CT molecular complexity index is 377. The first-order valence-electron chi connectivity index (χ1n) is 6.22. The molecule has 17 heavy (non-hydrogen) atoms.